The third kappa shape index (κ3) is 2.11. The van der Waals surface area contributed by atoms with E-state index in [2.05, 4.69) is 25.9 Å². The molecule has 0 aliphatic rings. The molecule has 2 aromatic heterocycles. The van der Waals surface area contributed by atoms with Crippen molar-refractivity contribution in [3.8, 4) is 11.4 Å². The van der Waals surface area contributed by atoms with Crippen LogP contribution in [0.15, 0.2) is 41.1 Å². The molecule has 70 valence electrons. The topological polar surface area (TPSA) is 25.8 Å². The number of rotatable bonds is 1. The van der Waals surface area contributed by atoms with Crippen molar-refractivity contribution in [2.24, 2.45) is 0 Å². The van der Waals surface area contributed by atoms with Crippen LogP contribution in [-0.2, 0) is 0 Å². The van der Waals surface area contributed by atoms with E-state index in [-0.39, 0.29) is 0 Å². The van der Waals surface area contributed by atoms with Crippen LogP contribution < -0.4 is 0 Å². The van der Waals surface area contributed by atoms with Crippen LogP contribution >= 0.6 is 27.5 Å². The van der Waals surface area contributed by atoms with Crippen molar-refractivity contribution < 1.29 is 0 Å². The second-order valence-electron chi connectivity index (χ2n) is 2.72. The molecule has 0 fully saturated rings. The van der Waals surface area contributed by atoms with Gasteiger partial charge in [0.1, 0.15) is 0 Å². The van der Waals surface area contributed by atoms with Gasteiger partial charge in [-0.2, -0.15) is 0 Å². The summed E-state index contributed by atoms with van der Waals surface area (Å²) in [4.78, 5) is 8.40. The normalized spacial score (nSPS) is 10.1. The zero-order valence-corrected chi connectivity index (χ0v) is 9.46. The van der Waals surface area contributed by atoms with Gasteiger partial charge < -0.3 is 0 Å². The first-order valence-electron chi connectivity index (χ1n) is 3.99. The number of halogens is 2. The predicted octanol–water partition coefficient (Wildman–Crippen LogP) is 3.56. The Balaban J connectivity index is 2.44. The Morgan fingerprint density at radius 1 is 1.07 bits per heavy atom. The molecule has 0 saturated heterocycles. The molecule has 0 aliphatic carbocycles. The van der Waals surface area contributed by atoms with Crippen molar-refractivity contribution in [2.75, 3.05) is 0 Å². The Morgan fingerprint density at radius 2 is 1.93 bits per heavy atom. The zero-order chi connectivity index (χ0) is 9.97. The minimum absolute atomic E-state index is 0.666. The first-order valence-corrected chi connectivity index (χ1v) is 5.16. The largest absolute Gasteiger partial charge is 0.255 e. The smallest absolute Gasteiger partial charge is 0.0900 e. The minimum Gasteiger partial charge on any atom is -0.255 e. The van der Waals surface area contributed by atoms with Crippen molar-refractivity contribution in [3.63, 3.8) is 0 Å². The second kappa shape index (κ2) is 4.07. The molecule has 0 spiro atoms. The van der Waals surface area contributed by atoms with Gasteiger partial charge in [-0.1, -0.05) is 11.6 Å². The van der Waals surface area contributed by atoms with Crippen LogP contribution in [0.3, 0.4) is 0 Å². The van der Waals surface area contributed by atoms with Crippen LogP contribution in [0.1, 0.15) is 0 Å². The summed E-state index contributed by atoms with van der Waals surface area (Å²) >= 11 is 9.17. The van der Waals surface area contributed by atoms with Gasteiger partial charge in [0.25, 0.3) is 0 Å². The molecule has 2 nitrogen and oxygen atoms in total. The SMILES string of the molecule is Clc1ccnc(-c2ccc(Br)cn2)c1. The van der Waals surface area contributed by atoms with E-state index >= 15 is 0 Å². The molecular formula is C10H6BrClN2. The lowest BCUT2D eigenvalue weighted by atomic mass is 10.2. The molecule has 0 unspecified atom stereocenters. The Morgan fingerprint density at radius 3 is 2.57 bits per heavy atom. The highest BCUT2D eigenvalue weighted by Crippen LogP contribution is 2.19. The molecule has 2 aromatic rings. The lowest BCUT2D eigenvalue weighted by molar-refractivity contribution is 1.24. The average molecular weight is 270 g/mol. The van der Waals surface area contributed by atoms with E-state index < -0.39 is 0 Å². The van der Waals surface area contributed by atoms with Gasteiger partial charge in [0.05, 0.1) is 11.4 Å². The molecule has 14 heavy (non-hydrogen) atoms. The summed E-state index contributed by atoms with van der Waals surface area (Å²) in [5.74, 6) is 0. The molecule has 2 heterocycles. The third-order valence-electron chi connectivity index (χ3n) is 1.71. The van der Waals surface area contributed by atoms with E-state index in [0.717, 1.165) is 15.9 Å². The van der Waals surface area contributed by atoms with E-state index in [1.165, 1.54) is 0 Å². The van der Waals surface area contributed by atoms with Crippen molar-refractivity contribution in [1.82, 2.24) is 9.97 Å². The van der Waals surface area contributed by atoms with Crippen LogP contribution in [0, 0.1) is 0 Å². The molecule has 0 aliphatic heterocycles. The van der Waals surface area contributed by atoms with Crippen LogP contribution in [0.2, 0.25) is 5.02 Å². The molecule has 0 aromatic carbocycles. The van der Waals surface area contributed by atoms with Gasteiger partial charge in [-0.25, -0.2) is 0 Å². The monoisotopic (exact) mass is 268 g/mol. The Kier molecular flexibility index (Phi) is 2.79. The molecule has 0 N–H and O–H groups in total. The van der Waals surface area contributed by atoms with Crippen molar-refractivity contribution in [1.29, 1.82) is 0 Å². The van der Waals surface area contributed by atoms with E-state index in [1.807, 2.05) is 12.1 Å². The summed E-state index contributed by atoms with van der Waals surface area (Å²) in [6.45, 7) is 0. The standard InChI is InChI=1S/C10H6BrClN2/c11-7-1-2-9(14-6-7)10-5-8(12)3-4-13-10/h1-6H. The van der Waals surface area contributed by atoms with Crippen molar-refractivity contribution >= 4 is 27.5 Å². The lowest BCUT2D eigenvalue weighted by Crippen LogP contribution is -1.85. The van der Waals surface area contributed by atoms with E-state index in [4.69, 9.17) is 11.6 Å². The third-order valence-corrected chi connectivity index (χ3v) is 2.42. The Hall–Kier alpha value is -0.930. The molecular weight excluding hydrogens is 263 g/mol. The first-order chi connectivity index (χ1) is 6.75. The van der Waals surface area contributed by atoms with Crippen LogP contribution in [-0.4, -0.2) is 9.97 Å². The summed E-state index contributed by atoms with van der Waals surface area (Å²) < 4.78 is 0.947. The van der Waals surface area contributed by atoms with Gasteiger partial charge in [0.15, 0.2) is 0 Å². The van der Waals surface area contributed by atoms with Gasteiger partial charge in [-0.05, 0) is 40.2 Å². The second-order valence-corrected chi connectivity index (χ2v) is 4.07. The van der Waals surface area contributed by atoms with Gasteiger partial charge in [0.2, 0.25) is 0 Å². The lowest BCUT2D eigenvalue weighted by Gasteiger charge is -1.99. The van der Waals surface area contributed by atoms with Gasteiger partial charge in [-0.15, -0.1) is 0 Å². The summed E-state index contributed by atoms with van der Waals surface area (Å²) in [7, 11) is 0. The minimum atomic E-state index is 0.666. The molecule has 0 saturated carbocycles. The first kappa shape index (κ1) is 9.62. The average Bonchev–Trinajstić information content (AvgIpc) is 2.19. The highest BCUT2D eigenvalue weighted by atomic mass is 79.9. The van der Waals surface area contributed by atoms with E-state index in [9.17, 15) is 0 Å². The quantitative estimate of drug-likeness (QED) is 0.791. The summed E-state index contributed by atoms with van der Waals surface area (Å²) in [6, 6.07) is 7.34. The van der Waals surface area contributed by atoms with Crippen molar-refractivity contribution in [3.05, 3.63) is 46.2 Å². The Bertz CT molecular complexity index is 442. The van der Waals surface area contributed by atoms with Gasteiger partial charge >= 0.3 is 0 Å². The fourth-order valence-corrected chi connectivity index (χ4v) is 1.47. The number of aromatic nitrogens is 2. The fraction of sp³-hybridized carbons (Fsp3) is 0. The van der Waals surface area contributed by atoms with E-state index in [0.29, 0.717) is 5.02 Å². The molecule has 0 atom stereocenters. The van der Waals surface area contributed by atoms with E-state index in [1.54, 1.807) is 24.5 Å². The maximum Gasteiger partial charge on any atom is 0.0900 e. The van der Waals surface area contributed by atoms with Crippen LogP contribution in [0.4, 0.5) is 0 Å². The van der Waals surface area contributed by atoms with Gasteiger partial charge in [0, 0.05) is 21.9 Å². The molecule has 2 rings (SSSR count). The maximum absolute atomic E-state index is 5.85. The summed E-state index contributed by atoms with van der Waals surface area (Å²) in [5, 5.41) is 0.666. The summed E-state index contributed by atoms with van der Waals surface area (Å²) in [5.41, 5.74) is 1.60. The van der Waals surface area contributed by atoms with Crippen LogP contribution in [0.25, 0.3) is 11.4 Å². The highest BCUT2D eigenvalue weighted by molar-refractivity contribution is 9.10. The number of pyridine rings is 2. The highest BCUT2D eigenvalue weighted by Gasteiger charge is 2.00. The fourth-order valence-electron chi connectivity index (χ4n) is 1.07. The number of hydrogen-bond acceptors (Lipinski definition) is 2. The summed E-state index contributed by atoms with van der Waals surface area (Å²) in [6.07, 6.45) is 3.40. The number of hydrogen-bond donors (Lipinski definition) is 0. The molecule has 4 heteroatoms. The van der Waals surface area contributed by atoms with Crippen molar-refractivity contribution in [2.45, 2.75) is 0 Å². The maximum atomic E-state index is 5.85. The molecule has 0 amide bonds. The number of nitrogens with zero attached hydrogens (tertiary/aromatic N) is 2. The van der Waals surface area contributed by atoms with Crippen LogP contribution in [0.5, 0.6) is 0 Å². The van der Waals surface area contributed by atoms with Gasteiger partial charge in [-0.3, -0.25) is 9.97 Å². The zero-order valence-electron chi connectivity index (χ0n) is 7.11. The Labute approximate surface area is 95.1 Å². The molecule has 0 radical (unpaired) electrons. The predicted molar refractivity (Wildman–Crippen MR) is 60.2 cm³/mol. The molecule has 0 bridgehead atoms.